The van der Waals surface area contributed by atoms with E-state index in [4.69, 9.17) is 10.5 Å². The molecule has 0 aliphatic carbocycles. The number of carboxylic acid groups (broad SMARTS) is 1. The molecule has 0 spiro atoms. The Morgan fingerprint density at radius 3 is 2.51 bits per heavy atom. The predicted octanol–water partition coefficient (Wildman–Crippen LogP) is 1.45. The molecule has 0 saturated carbocycles. The molecule has 39 heavy (non-hydrogen) atoms. The zero-order chi connectivity index (χ0) is 28.2. The monoisotopic (exact) mass is 539 g/mol. The molecule has 1 aromatic heterocycles. The summed E-state index contributed by atoms with van der Waals surface area (Å²) in [5.41, 5.74) is 7.68. The molecule has 0 radical (unpaired) electrons. The fourth-order valence-corrected chi connectivity index (χ4v) is 3.81. The Labute approximate surface area is 222 Å². The van der Waals surface area contributed by atoms with Crippen LogP contribution in [-0.4, -0.2) is 57.7 Å². The van der Waals surface area contributed by atoms with Crippen LogP contribution in [-0.2, 0) is 27.4 Å². The Bertz CT molecular complexity index is 1330. The largest absolute Gasteiger partial charge is 0.480 e. The summed E-state index contributed by atoms with van der Waals surface area (Å²) in [5.74, 6) is -2.42. The highest BCUT2D eigenvalue weighted by Gasteiger charge is 2.28. The van der Waals surface area contributed by atoms with Gasteiger partial charge in [-0.25, -0.2) is 19.7 Å². The van der Waals surface area contributed by atoms with Crippen LogP contribution in [0.2, 0.25) is 0 Å². The number of aromatic amines is 1. The van der Waals surface area contributed by atoms with Gasteiger partial charge in [-0.15, -0.1) is 0 Å². The predicted molar refractivity (Wildman–Crippen MR) is 141 cm³/mol. The zero-order valence-electron chi connectivity index (χ0n) is 20.8. The number of carbonyl (C=O) groups is 3. The summed E-state index contributed by atoms with van der Waals surface area (Å²) in [5, 5.41) is 30.2. The number of carboxylic acids is 1. The number of aliphatic carboxylic acids is 1. The first kappa shape index (κ1) is 28.4. The highest BCUT2D eigenvalue weighted by Crippen LogP contribution is 2.19. The fourth-order valence-electron chi connectivity index (χ4n) is 3.81. The molecular formula is C25H29N7O7. The number of hydrogen-bond acceptors (Lipinski definition) is 6. The fraction of sp³-hybridized carbons (Fsp3) is 0.280. The van der Waals surface area contributed by atoms with Crippen molar-refractivity contribution in [3.05, 3.63) is 82.0 Å². The van der Waals surface area contributed by atoms with E-state index in [1.165, 1.54) is 0 Å². The second kappa shape index (κ2) is 14.0. The minimum atomic E-state index is -1.29. The van der Waals surface area contributed by atoms with Crippen LogP contribution in [0.25, 0.3) is 10.9 Å². The van der Waals surface area contributed by atoms with Crippen molar-refractivity contribution < 1.29 is 29.3 Å². The Kier molecular flexibility index (Phi) is 10.2. The van der Waals surface area contributed by atoms with E-state index in [1.54, 1.807) is 30.5 Å². The molecule has 2 amide bonds. The number of amides is 2. The number of guanidine groups is 1. The minimum Gasteiger partial charge on any atom is -0.480 e. The number of nitro groups is 1. The number of carbonyl (C=O) groups excluding carboxylic acids is 2. The smallest absolute Gasteiger partial charge is 0.408 e. The lowest BCUT2D eigenvalue weighted by molar-refractivity contribution is -0.485. The molecule has 0 aliphatic rings. The number of benzene rings is 2. The van der Waals surface area contributed by atoms with Crippen molar-refractivity contribution in [3.63, 3.8) is 0 Å². The number of hydrogen-bond donors (Lipinski definition) is 6. The molecule has 2 aromatic carbocycles. The maximum absolute atomic E-state index is 13.2. The first-order valence-corrected chi connectivity index (χ1v) is 12.0. The highest BCUT2D eigenvalue weighted by atomic mass is 16.7. The maximum Gasteiger partial charge on any atom is 0.408 e. The number of H-pyrrole nitrogens is 1. The van der Waals surface area contributed by atoms with Gasteiger partial charge in [-0.05, 0) is 30.0 Å². The molecule has 0 fully saturated rings. The minimum absolute atomic E-state index is 0.0122. The molecule has 1 heterocycles. The number of hydrazone groups is 1. The molecule has 0 saturated heterocycles. The van der Waals surface area contributed by atoms with Gasteiger partial charge in [0.25, 0.3) is 5.96 Å². The summed E-state index contributed by atoms with van der Waals surface area (Å²) in [7, 11) is 0. The SMILES string of the molecule is N/C(=N\[N+](=O)[O-])NCCC[C@H](NC(=O)[C@H](Cc1c[nH]c2ccccc12)NC(=O)OCc1ccccc1)C(=O)O. The van der Waals surface area contributed by atoms with E-state index in [2.05, 4.69) is 26.0 Å². The van der Waals surface area contributed by atoms with Gasteiger partial charge < -0.3 is 36.5 Å². The maximum atomic E-state index is 13.2. The average molecular weight is 540 g/mol. The molecule has 0 unspecified atom stereocenters. The summed E-state index contributed by atoms with van der Waals surface area (Å²) in [6.07, 6.45) is 1.13. The molecule has 206 valence electrons. The van der Waals surface area contributed by atoms with Crippen LogP contribution in [0.5, 0.6) is 0 Å². The van der Waals surface area contributed by atoms with Crippen LogP contribution in [0, 0.1) is 10.1 Å². The average Bonchev–Trinajstić information content (AvgIpc) is 3.31. The van der Waals surface area contributed by atoms with Crippen molar-refractivity contribution >= 4 is 34.8 Å². The number of nitrogens with zero attached hydrogens (tertiary/aromatic N) is 2. The second-order valence-electron chi connectivity index (χ2n) is 8.51. The molecule has 0 bridgehead atoms. The van der Waals surface area contributed by atoms with Crippen molar-refractivity contribution in [2.45, 2.75) is 38.0 Å². The summed E-state index contributed by atoms with van der Waals surface area (Å²) in [4.78, 5) is 51.0. The van der Waals surface area contributed by atoms with E-state index >= 15 is 0 Å². The van der Waals surface area contributed by atoms with Gasteiger partial charge in [0.1, 0.15) is 23.8 Å². The van der Waals surface area contributed by atoms with Crippen LogP contribution in [0.1, 0.15) is 24.0 Å². The molecule has 2 atom stereocenters. The second-order valence-corrected chi connectivity index (χ2v) is 8.51. The first-order valence-electron chi connectivity index (χ1n) is 12.0. The van der Waals surface area contributed by atoms with Crippen molar-refractivity contribution in [1.82, 2.24) is 20.9 Å². The first-order chi connectivity index (χ1) is 18.7. The zero-order valence-corrected chi connectivity index (χ0v) is 20.8. The molecule has 14 heteroatoms. The van der Waals surface area contributed by atoms with Gasteiger partial charge in [-0.3, -0.25) is 4.79 Å². The number of alkyl carbamates (subject to hydrolysis) is 1. The van der Waals surface area contributed by atoms with Crippen LogP contribution < -0.4 is 21.7 Å². The van der Waals surface area contributed by atoms with Gasteiger partial charge in [-0.2, -0.15) is 0 Å². The van der Waals surface area contributed by atoms with Gasteiger partial charge in [0.2, 0.25) is 5.91 Å². The number of nitrogens with one attached hydrogen (secondary N) is 4. The Morgan fingerprint density at radius 2 is 1.79 bits per heavy atom. The number of nitrogens with two attached hydrogens (primary N) is 1. The van der Waals surface area contributed by atoms with Gasteiger partial charge in [0, 0.05) is 30.1 Å². The highest BCUT2D eigenvalue weighted by molar-refractivity contribution is 5.90. The lowest BCUT2D eigenvalue weighted by atomic mass is 10.0. The third-order valence-corrected chi connectivity index (χ3v) is 5.70. The molecule has 3 rings (SSSR count). The van der Waals surface area contributed by atoms with Crippen molar-refractivity contribution in [2.24, 2.45) is 10.8 Å². The Balaban J connectivity index is 1.67. The van der Waals surface area contributed by atoms with Gasteiger partial charge >= 0.3 is 12.1 Å². The summed E-state index contributed by atoms with van der Waals surface area (Å²) < 4.78 is 5.26. The quantitative estimate of drug-likeness (QED) is 0.0608. The van der Waals surface area contributed by atoms with Crippen LogP contribution in [0.4, 0.5) is 4.79 Å². The van der Waals surface area contributed by atoms with Gasteiger partial charge in [0.15, 0.2) is 5.03 Å². The van der Waals surface area contributed by atoms with E-state index in [-0.39, 0.29) is 32.4 Å². The van der Waals surface area contributed by atoms with Crippen LogP contribution in [0.3, 0.4) is 0 Å². The van der Waals surface area contributed by atoms with Crippen molar-refractivity contribution in [2.75, 3.05) is 6.54 Å². The van der Waals surface area contributed by atoms with Crippen LogP contribution >= 0.6 is 0 Å². The number of rotatable bonds is 13. The number of ether oxygens (including phenoxy) is 1. The van der Waals surface area contributed by atoms with E-state index in [1.807, 2.05) is 30.3 Å². The Hall–Kier alpha value is -5.14. The summed E-state index contributed by atoms with van der Waals surface area (Å²) in [6.45, 7) is 0.0768. The summed E-state index contributed by atoms with van der Waals surface area (Å²) >= 11 is 0. The van der Waals surface area contributed by atoms with Gasteiger partial charge in [-0.1, -0.05) is 48.5 Å². The molecule has 0 aliphatic heterocycles. The lowest BCUT2D eigenvalue weighted by Crippen LogP contribution is -2.52. The Morgan fingerprint density at radius 1 is 1.08 bits per heavy atom. The molecule has 3 aromatic rings. The standard InChI is InChI=1S/C25H29N7O7/c26-24(31-32(37)38)27-12-6-11-20(23(34)35)29-22(33)21(13-17-14-28-19-10-5-4-9-18(17)19)30-25(36)39-15-16-7-2-1-3-8-16/h1-5,7-10,14,20-21,28H,6,11-13,15H2,(H,29,33)(H,30,36)(H,34,35)(H3,26,27,31)/t20-,21-/m0/s1. The lowest BCUT2D eigenvalue weighted by Gasteiger charge is -2.21. The number of aromatic nitrogens is 1. The van der Waals surface area contributed by atoms with Crippen molar-refractivity contribution in [3.8, 4) is 0 Å². The molecular weight excluding hydrogens is 510 g/mol. The third kappa shape index (κ3) is 9.03. The van der Waals surface area contributed by atoms with E-state index < -0.39 is 41.0 Å². The van der Waals surface area contributed by atoms with E-state index in [9.17, 15) is 29.6 Å². The number of para-hydroxylation sites is 1. The third-order valence-electron chi connectivity index (χ3n) is 5.70. The van der Waals surface area contributed by atoms with Crippen LogP contribution in [0.15, 0.2) is 65.9 Å². The number of fused-ring (bicyclic) bond motifs is 1. The molecule has 7 N–H and O–H groups in total. The summed E-state index contributed by atoms with van der Waals surface area (Å²) in [6, 6.07) is 14.0. The van der Waals surface area contributed by atoms with E-state index in [0.717, 1.165) is 22.0 Å². The molecule has 14 nitrogen and oxygen atoms in total. The van der Waals surface area contributed by atoms with Crippen molar-refractivity contribution in [1.29, 1.82) is 0 Å². The van der Waals surface area contributed by atoms with E-state index in [0.29, 0.717) is 0 Å². The topological polar surface area (TPSA) is 214 Å². The normalized spacial score (nSPS) is 12.8. The van der Waals surface area contributed by atoms with Gasteiger partial charge in [0.05, 0.1) is 0 Å².